The van der Waals surface area contributed by atoms with E-state index in [1.165, 1.54) is 25.1 Å². The van der Waals surface area contributed by atoms with Crippen LogP contribution in [0.15, 0.2) is 24.3 Å². The molecule has 0 aromatic heterocycles. The van der Waals surface area contributed by atoms with Gasteiger partial charge in [-0.3, -0.25) is 24.1 Å². The third-order valence-electron chi connectivity index (χ3n) is 3.85. The van der Waals surface area contributed by atoms with E-state index in [0.717, 1.165) is 4.90 Å². The summed E-state index contributed by atoms with van der Waals surface area (Å²) in [5.41, 5.74) is 0.385. The molecule has 1 fully saturated rings. The number of amides is 4. The SMILES string of the molecule is CCNC(=O)[C@H](C)NC(=O)COC(=O)c1cccc(N2C(=O)CCC2=O)c1. The summed E-state index contributed by atoms with van der Waals surface area (Å²) in [6, 6.07) is 5.11. The van der Waals surface area contributed by atoms with Crippen molar-refractivity contribution in [2.45, 2.75) is 32.7 Å². The van der Waals surface area contributed by atoms with E-state index in [-0.39, 0.29) is 41.8 Å². The van der Waals surface area contributed by atoms with E-state index in [9.17, 15) is 24.0 Å². The Labute approximate surface area is 156 Å². The second-order valence-corrected chi connectivity index (χ2v) is 5.93. The Kier molecular flexibility index (Phi) is 6.64. The summed E-state index contributed by atoms with van der Waals surface area (Å²) in [6.07, 6.45) is 0.273. The number of hydrogen-bond acceptors (Lipinski definition) is 6. The van der Waals surface area contributed by atoms with E-state index in [4.69, 9.17) is 4.74 Å². The van der Waals surface area contributed by atoms with Crippen molar-refractivity contribution < 1.29 is 28.7 Å². The average molecular weight is 375 g/mol. The Bertz CT molecular complexity index is 760. The molecule has 9 heteroatoms. The monoisotopic (exact) mass is 375 g/mol. The molecule has 4 amide bonds. The van der Waals surface area contributed by atoms with E-state index >= 15 is 0 Å². The third kappa shape index (κ3) is 5.13. The number of anilines is 1. The van der Waals surface area contributed by atoms with Gasteiger partial charge in [-0.2, -0.15) is 0 Å². The highest BCUT2D eigenvalue weighted by atomic mass is 16.5. The van der Waals surface area contributed by atoms with E-state index in [1.807, 2.05) is 0 Å². The second-order valence-electron chi connectivity index (χ2n) is 5.93. The summed E-state index contributed by atoms with van der Waals surface area (Å²) in [6.45, 7) is 3.14. The number of benzene rings is 1. The molecule has 0 saturated carbocycles. The lowest BCUT2D eigenvalue weighted by molar-refractivity contribution is -0.130. The van der Waals surface area contributed by atoms with E-state index in [0.29, 0.717) is 6.54 Å². The number of likely N-dealkylation sites (N-methyl/N-ethyl adjacent to an activating group) is 1. The van der Waals surface area contributed by atoms with Gasteiger partial charge in [0.15, 0.2) is 6.61 Å². The van der Waals surface area contributed by atoms with Gasteiger partial charge in [0.2, 0.25) is 17.7 Å². The number of esters is 1. The zero-order valence-electron chi connectivity index (χ0n) is 15.1. The number of imide groups is 1. The van der Waals surface area contributed by atoms with Crippen molar-refractivity contribution in [3.05, 3.63) is 29.8 Å². The predicted octanol–water partition coefficient (Wildman–Crippen LogP) is 0.138. The first-order valence-electron chi connectivity index (χ1n) is 8.53. The molecule has 1 saturated heterocycles. The van der Waals surface area contributed by atoms with Crippen molar-refractivity contribution in [2.75, 3.05) is 18.1 Å². The molecule has 1 aliphatic heterocycles. The van der Waals surface area contributed by atoms with Gasteiger partial charge in [0.25, 0.3) is 5.91 Å². The van der Waals surface area contributed by atoms with Gasteiger partial charge in [0, 0.05) is 19.4 Å². The highest BCUT2D eigenvalue weighted by molar-refractivity contribution is 6.20. The first-order chi connectivity index (χ1) is 12.8. The van der Waals surface area contributed by atoms with Gasteiger partial charge in [0.05, 0.1) is 11.3 Å². The molecule has 0 radical (unpaired) electrons. The van der Waals surface area contributed by atoms with Gasteiger partial charge >= 0.3 is 5.97 Å². The first-order valence-corrected chi connectivity index (χ1v) is 8.53. The van der Waals surface area contributed by atoms with Crippen molar-refractivity contribution in [1.82, 2.24) is 10.6 Å². The molecule has 1 aromatic carbocycles. The molecule has 1 aromatic rings. The maximum absolute atomic E-state index is 12.1. The van der Waals surface area contributed by atoms with Crippen LogP contribution in [0.3, 0.4) is 0 Å². The van der Waals surface area contributed by atoms with Crippen LogP contribution in [0.25, 0.3) is 0 Å². The van der Waals surface area contributed by atoms with Crippen molar-refractivity contribution in [3.63, 3.8) is 0 Å². The molecule has 2 rings (SSSR count). The van der Waals surface area contributed by atoms with Crippen LogP contribution in [0.4, 0.5) is 5.69 Å². The number of carbonyl (C=O) groups is 5. The largest absolute Gasteiger partial charge is 0.452 e. The molecular weight excluding hydrogens is 354 g/mol. The smallest absolute Gasteiger partial charge is 0.338 e. The Balaban J connectivity index is 1.94. The summed E-state index contributed by atoms with van der Waals surface area (Å²) in [7, 11) is 0. The van der Waals surface area contributed by atoms with Crippen molar-refractivity contribution in [3.8, 4) is 0 Å². The van der Waals surface area contributed by atoms with Gasteiger partial charge in [-0.25, -0.2) is 4.79 Å². The maximum atomic E-state index is 12.1. The van der Waals surface area contributed by atoms with Crippen LogP contribution in [0.2, 0.25) is 0 Å². The number of hydrogen-bond donors (Lipinski definition) is 2. The van der Waals surface area contributed by atoms with Gasteiger partial charge in [0.1, 0.15) is 6.04 Å². The third-order valence-corrected chi connectivity index (χ3v) is 3.85. The van der Waals surface area contributed by atoms with Crippen LogP contribution in [0.1, 0.15) is 37.0 Å². The number of nitrogens with one attached hydrogen (secondary N) is 2. The minimum Gasteiger partial charge on any atom is -0.452 e. The zero-order chi connectivity index (χ0) is 20.0. The van der Waals surface area contributed by atoms with Crippen LogP contribution >= 0.6 is 0 Å². The number of nitrogens with zero attached hydrogens (tertiary/aromatic N) is 1. The number of rotatable bonds is 7. The molecule has 1 aliphatic rings. The standard InChI is InChI=1S/C18H21N3O6/c1-3-19-17(25)11(2)20-14(22)10-27-18(26)12-5-4-6-13(9-12)21-15(23)7-8-16(21)24/h4-6,9,11H,3,7-8,10H2,1-2H3,(H,19,25)(H,20,22)/t11-/m0/s1. The van der Waals surface area contributed by atoms with E-state index in [1.54, 1.807) is 13.0 Å². The van der Waals surface area contributed by atoms with Gasteiger partial charge in [-0.05, 0) is 32.0 Å². The summed E-state index contributed by atoms with van der Waals surface area (Å²) in [5, 5.41) is 4.97. The lowest BCUT2D eigenvalue weighted by atomic mass is 10.2. The lowest BCUT2D eigenvalue weighted by Crippen LogP contribution is -2.46. The summed E-state index contributed by atoms with van der Waals surface area (Å²) in [4.78, 5) is 60.1. The van der Waals surface area contributed by atoms with E-state index in [2.05, 4.69) is 10.6 Å². The molecule has 1 heterocycles. The fraction of sp³-hybridized carbons (Fsp3) is 0.389. The minimum atomic E-state index is -0.781. The lowest BCUT2D eigenvalue weighted by Gasteiger charge is -2.15. The summed E-state index contributed by atoms with van der Waals surface area (Å²) < 4.78 is 4.93. The summed E-state index contributed by atoms with van der Waals surface area (Å²) >= 11 is 0. The molecule has 144 valence electrons. The summed E-state index contributed by atoms with van der Waals surface area (Å²) in [5.74, 6) is -2.40. The Morgan fingerprint density at radius 1 is 1.19 bits per heavy atom. The Morgan fingerprint density at radius 3 is 2.48 bits per heavy atom. The normalized spacial score (nSPS) is 14.7. The van der Waals surface area contributed by atoms with Crippen molar-refractivity contribution in [1.29, 1.82) is 0 Å². The number of ether oxygens (including phenoxy) is 1. The van der Waals surface area contributed by atoms with Gasteiger partial charge < -0.3 is 15.4 Å². The maximum Gasteiger partial charge on any atom is 0.338 e. The average Bonchev–Trinajstić information content (AvgIpc) is 2.98. The number of carbonyl (C=O) groups excluding carboxylic acids is 5. The molecule has 0 aliphatic carbocycles. The molecule has 0 spiro atoms. The predicted molar refractivity (Wildman–Crippen MR) is 94.7 cm³/mol. The molecule has 9 nitrogen and oxygen atoms in total. The molecule has 27 heavy (non-hydrogen) atoms. The van der Waals surface area contributed by atoms with Gasteiger partial charge in [-0.1, -0.05) is 6.07 Å². The van der Waals surface area contributed by atoms with Crippen LogP contribution in [0, 0.1) is 0 Å². The van der Waals surface area contributed by atoms with Gasteiger partial charge in [-0.15, -0.1) is 0 Å². The minimum absolute atomic E-state index is 0.101. The van der Waals surface area contributed by atoms with Crippen molar-refractivity contribution >= 4 is 35.3 Å². The Morgan fingerprint density at radius 2 is 1.85 bits per heavy atom. The van der Waals surface area contributed by atoms with Crippen LogP contribution < -0.4 is 15.5 Å². The van der Waals surface area contributed by atoms with Crippen LogP contribution in [-0.4, -0.2) is 48.8 Å². The molecule has 1 atom stereocenters. The van der Waals surface area contributed by atoms with Crippen LogP contribution in [0.5, 0.6) is 0 Å². The first kappa shape index (κ1) is 20.1. The highest BCUT2D eigenvalue weighted by Gasteiger charge is 2.30. The van der Waals surface area contributed by atoms with E-state index < -0.39 is 24.5 Å². The van der Waals surface area contributed by atoms with Crippen LogP contribution in [-0.2, 0) is 23.9 Å². The molecule has 0 unspecified atom stereocenters. The fourth-order valence-corrected chi connectivity index (χ4v) is 2.53. The molecule has 2 N–H and O–H groups in total. The van der Waals surface area contributed by atoms with Crippen molar-refractivity contribution in [2.24, 2.45) is 0 Å². The molecular formula is C18H21N3O6. The Hall–Kier alpha value is -3.23. The highest BCUT2D eigenvalue weighted by Crippen LogP contribution is 2.23. The fourth-order valence-electron chi connectivity index (χ4n) is 2.53. The quantitative estimate of drug-likeness (QED) is 0.516. The second kappa shape index (κ2) is 8.93. The zero-order valence-corrected chi connectivity index (χ0v) is 15.1. The topological polar surface area (TPSA) is 122 Å². The molecule has 0 bridgehead atoms.